The highest BCUT2D eigenvalue weighted by molar-refractivity contribution is 7.09. The molecule has 1 heterocycles. The minimum Gasteiger partial charge on any atom is -0.314 e. The van der Waals surface area contributed by atoms with Gasteiger partial charge in [-0.1, -0.05) is 20.3 Å². The zero-order valence-corrected chi connectivity index (χ0v) is 11.6. The Labute approximate surface area is 103 Å². The largest absolute Gasteiger partial charge is 0.314 e. The number of nitrogens with zero attached hydrogens (tertiary/aromatic N) is 1. The Kier molecular flexibility index (Phi) is 6.65. The van der Waals surface area contributed by atoms with Crippen LogP contribution in [0.1, 0.15) is 50.2 Å². The molecule has 0 saturated carbocycles. The normalized spacial score (nSPS) is 12.9. The van der Waals surface area contributed by atoms with E-state index in [1.54, 1.807) is 11.3 Å². The highest BCUT2D eigenvalue weighted by Crippen LogP contribution is 2.12. The number of aryl methyl sites for hydroxylation is 2. The Bertz CT molecular complexity index is 283. The standard InChI is InChI=1S/C13H24N2S/c1-4-6-12(14-9-5-2)7-8-13-10-16-11(3)15-13/h10,12,14H,4-9H2,1-3H3. The van der Waals surface area contributed by atoms with Crippen LogP contribution in [0.2, 0.25) is 0 Å². The van der Waals surface area contributed by atoms with Gasteiger partial charge >= 0.3 is 0 Å². The lowest BCUT2D eigenvalue weighted by Crippen LogP contribution is -2.30. The number of hydrogen-bond donors (Lipinski definition) is 1. The van der Waals surface area contributed by atoms with Gasteiger partial charge in [0, 0.05) is 11.4 Å². The van der Waals surface area contributed by atoms with Gasteiger partial charge in [-0.2, -0.15) is 0 Å². The molecule has 1 rings (SSSR count). The smallest absolute Gasteiger partial charge is 0.0897 e. The highest BCUT2D eigenvalue weighted by atomic mass is 32.1. The predicted octanol–water partition coefficient (Wildman–Crippen LogP) is 3.55. The van der Waals surface area contributed by atoms with Crippen LogP contribution in [0.15, 0.2) is 5.38 Å². The van der Waals surface area contributed by atoms with E-state index in [-0.39, 0.29) is 0 Å². The van der Waals surface area contributed by atoms with Crippen LogP contribution in [0, 0.1) is 6.92 Å². The SMILES string of the molecule is CCCNC(CCC)CCc1csc(C)n1. The summed E-state index contributed by atoms with van der Waals surface area (Å²) in [5.74, 6) is 0. The first-order valence-corrected chi connectivity index (χ1v) is 7.28. The van der Waals surface area contributed by atoms with E-state index in [0.717, 1.165) is 13.0 Å². The van der Waals surface area contributed by atoms with Crippen molar-refractivity contribution in [1.82, 2.24) is 10.3 Å². The van der Waals surface area contributed by atoms with Crippen molar-refractivity contribution < 1.29 is 0 Å². The molecule has 1 atom stereocenters. The Hall–Kier alpha value is -0.410. The number of rotatable bonds is 8. The quantitative estimate of drug-likeness (QED) is 0.751. The van der Waals surface area contributed by atoms with Crippen LogP contribution in [0.25, 0.3) is 0 Å². The van der Waals surface area contributed by atoms with Crippen molar-refractivity contribution in [3.63, 3.8) is 0 Å². The first kappa shape index (κ1) is 13.7. The van der Waals surface area contributed by atoms with Gasteiger partial charge < -0.3 is 5.32 Å². The second kappa shape index (κ2) is 7.80. The summed E-state index contributed by atoms with van der Waals surface area (Å²) in [6, 6.07) is 0.673. The molecule has 0 aliphatic rings. The minimum absolute atomic E-state index is 0.673. The van der Waals surface area contributed by atoms with Crippen LogP contribution in [-0.4, -0.2) is 17.6 Å². The van der Waals surface area contributed by atoms with Crippen molar-refractivity contribution in [3.05, 3.63) is 16.1 Å². The third-order valence-electron chi connectivity index (χ3n) is 2.74. The van der Waals surface area contributed by atoms with Crippen LogP contribution in [0.5, 0.6) is 0 Å². The number of aromatic nitrogens is 1. The molecule has 0 amide bonds. The molecule has 0 aliphatic heterocycles. The molecule has 3 heteroatoms. The van der Waals surface area contributed by atoms with Crippen LogP contribution in [-0.2, 0) is 6.42 Å². The van der Waals surface area contributed by atoms with E-state index < -0.39 is 0 Å². The topological polar surface area (TPSA) is 24.9 Å². The Morgan fingerprint density at radius 3 is 2.69 bits per heavy atom. The van der Waals surface area contributed by atoms with Gasteiger partial charge in [-0.05, 0) is 39.2 Å². The predicted molar refractivity (Wildman–Crippen MR) is 72.2 cm³/mol. The molecule has 0 aromatic carbocycles. The van der Waals surface area contributed by atoms with Crippen molar-refractivity contribution >= 4 is 11.3 Å². The average Bonchev–Trinajstić information content (AvgIpc) is 2.68. The summed E-state index contributed by atoms with van der Waals surface area (Å²) in [5.41, 5.74) is 1.27. The summed E-state index contributed by atoms with van der Waals surface area (Å²) in [6.45, 7) is 7.70. The fraction of sp³-hybridized carbons (Fsp3) is 0.769. The van der Waals surface area contributed by atoms with Gasteiger partial charge in [-0.15, -0.1) is 11.3 Å². The zero-order valence-electron chi connectivity index (χ0n) is 10.8. The van der Waals surface area contributed by atoms with E-state index in [9.17, 15) is 0 Å². The van der Waals surface area contributed by atoms with E-state index >= 15 is 0 Å². The Balaban J connectivity index is 2.30. The van der Waals surface area contributed by atoms with E-state index in [4.69, 9.17) is 0 Å². The first-order valence-electron chi connectivity index (χ1n) is 6.40. The summed E-state index contributed by atoms with van der Waals surface area (Å²) in [7, 11) is 0. The maximum absolute atomic E-state index is 4.51. The number of thiazole rings is 1. The van der Waals surface area contributed by atoms with Crippen LogP contribution in [0.3, 0.4) is 0 Å². The summed E-state index contributed by atoms with van der Waals surface area (Å²) in [6.07, 6.45) is 6.10. The van der Waals surface area contributed by atoms with Gasteiger partial charge in [0.15, 0.2) is 0 Å². The molecule has 0 bridgehead atoms. The lowest BCUT2D eigenvalue weighted by atomic mass is 10.1. The molecule has 0 radical (unpaired) electrons. The van der Waals surface area contributed by atoms with E-state index in [0.29, 0.717) is 6.04 Å². The highest BCUT2D eigenvalue weighted by Gasteiger charge is 2.07. The van der Waals surface area contributed by atoms with Gasteiger partial charge in [0.05, 0.1) is 10.7 Å². The van der Waals surface area contributed by atoms with Crippen molar-refractivity contribution in [1.29, 1.82) is 0 Å². The molecule has 0 aliphatic carbocycles. The fourth-order valence-electron chi connectivity index (χ4n) is 1.89. The third-order valence-corrected chi connectivity index (χ3v) is 3.56. The fourth-order valence-corrected chi connectivity index (χ4v) is 2.54. The van der Waals surface area contributed by atoms with E-state index in [1.807, 2.05) is 0 Å². The molecule has 1 N–H and O–H groups in total. The summed E-state index contributed by atoms with van der Waals surface area (Å²) in [5, 5.41) is 7.00. The van der Waals surface area contributed by atoms with Gasteiger partial charge in [-0.3, -0.25) is 0 Å². The Morgan fingerprint density at radius 2 is 2.12 bits per heavy atom. The van der Waals surface area contributed by atoms with Crippen LogP contribution >= 0.6 is 11.3 Å². The molecule has 92 valence electrons. The van der Waals surface area contributed by atoms with E-state index in [2.05, 4.69) is 36.5 Å². The lowest BCUT2D eigenvalue weighted by molar-refractivity contribution is 0.447. The molecule has 0 spiro atoms. The molecule has 2 nitrogen and oxygen atoms in total. The second-order valence-electron chi connectivity index (χ2n) is 4.34. The maximum atomic E-state index is 4.51. The van der Waals surface area contributed by atoms with Crippen molar-refractivity contribution in [2.75, 3.05) is 6.54 Å². The second-order valence-corrected chi connectivity index (χ2v) is 5.40. The first-order chi connectivity index (χ1) is 7.76. The van der Waals surface area contributed by atoms with Crippen LogP contribution in [0.4, 0.5) is 0 Å². The minimum atomic E-state index is 0.673. The van der Waals surface area contributed by atoms with Gasteiger partial charge in [0.1, 0.15) is 0 Å². The van der Waals surface area contributed by atoms with Crippen LogP contribution < -0.4 is 5.32 Å². The molecular weight excluding hydrogens is 216 g/mol. The third kappa shape index (κ3) is 5.08. The van der Waals surface area contributed by atoms with Gasteiger partial charge in [-0.25, -0.2) is 4.98 Å². The monoisotopic (exact) mass is 240 g/mol. The molecular formula is C13H24N2S. The summed E-state index contributed by atoms with van der Waals surface area (Å²) < 4.78 is 0. The van der Waals surface area contributed by atoms with Gasteiger partial charge in [0.25, 0.3) is 0 Å². The van der Waals surface area contributed by atoms with Crippen molar-refractivity contribution in [3.8, 4) is 0 Å². The Morgan fingerprint density at radius 1 is 1.31 bits per heavy atom. The number of hydrogen-bond acceptors (Lipinski definition) is 3. The van der Waals surface area contributed by atoms with Crippen molar-refractivity contribution in [2.24, 2.45) is 0 Å². The summed E-state index contributed by atoms with van der Waals surface area (Å²) >= 11 is 1.76. The average molecular weight is 240 g/mol. The molecule has 1 aromatic heterocycles. The number of nitrogens with one attached hydrogen (secondary N) is 1. The van der Waals surface area contributed by atoms with Crippen molar-refractivity contribution in [2.45, 2.75) is 58.9 Å². The molecule has 1 unspecified atom stereocenters. The molecule has 1 aromatic rings. The lowest BCUT2D eigenvalue weighted by Gasteiger charge is -2.16. The summed E-state index contributed by atoms with van der Waals surface area (Å²) in [4.78, 5) is 4.51. The maximum Gasteiger partial charge on any atom is 0.0897 e. The molecule has 16 heavy (non-hydrogen) atoms. The molecule has 0 fully saturated rings. The zero-order chi connectivity index (χ0) is 11.8. The molecule has 0 saturated heterocycles. The van der Waals surface area contributed by atoms with E-state index in [1.165, 1.54) is 36.4 Å². The van der Waals surface area contributed by atoms with Gasteiger partial charge in [0.2, 0.25) is 0 Å².